The number of rotatable bonds is 2. The topological polar surface area (TPSA) is 69.6 Å². The van der Waals surface area contributed by atoms with Crippen LogP contribution in [-0.2, 0) is 0 Å². The first-order valence-corrected chi connectivity index (χ1v) is 7.67. The molecule has 1 fully saturated rings. The normalized spacial score (nSPS) is 18.8. The van der Waals surface area contributed by atoms with Crippen molar-refractivity contribution < 1.29 is 0 Å². The highest BCUT2D eigenvalue weighted by Crippen LogP contribution is 2.40. The maximum absolute atomic E-state index is 6.10. The van der Waals surface area contributed by atoms with Gasteiger partial charge in [-0.05, 0) is 59.7 Å². The van der Waals surface area contributed by atoms with E-state index in [0.29, 0.717) is 22.2 Å². The molecular weight excluding hydrogens is 286 g/mol. The molecule has 0 spiro atoms. The molecule has 5 nitrogen and oxygen atoms in total. The molecule has 6 heteroatoms. The van der Waals surface area contributed by atoms with Gasteiger partial charge in [-0.2, -0.15) is 0 Å². The van der Waals surface area contributed by atoms with Gasteiger partial charge in [0, 0.05) is 5.56 Å². The summed E-state index contributed by atoms with van der Waals surface area (Å²) in [6.45, 7) is 4.65. The van der Waals surface area contributed by atoms with Crippen molar-refractivity contribution in [3.05, 3.63) is 23.2 Å². The number of halogens is 1. The quantitative estimate of drug-likeness (QED) is 0.859. The molecule has 0 unspecified atom stereocenters. The Bertz CT molecular complexity index is 639. The molecule has 112 valence electrons. The van der Waals surface area contributed by atoms with Crippen molar-refractivity contribution in [2.75, 3.05) is 5.73 Å². The van der Waals surface area contributed by atoms with Crippen LogP contribution in [0.3, 0.4) is 0 Å². The average molecular weight is 306 g/mol. The monoisotopic (exact) mass is 305 g/mol. The van der Waals surface area contributed by atoms with E-state index in [1.54, 1.807) is 6.07 Å². The van der Waals surface area contributed by atoms with Crippen LogP contribution >= 0.6 is 11.6 Å². The van der Waals surface area contributed by atoms with Gasteiger partial charge in [-0.15, -0.1) is 5.10 Å². The highest BCUT2D eigenvalue weighted by atomic mass is 35.5. The number of hydrogen-bond acceptors (Lipinski definition) is 4. The van der Waals surface area contributed by atoms with Gasteiger partial charge in [0.2, 0.25) is 0 Å². The van der Waals surface area contributed by atoms with Crippen molar-refractivity contribution in [3.63, 3.8) is 0 Å². The van der Waals surface area contributed by atoms with Crippen LogP contribution in [0.15, 0.2) is 18.2 Å². The van der Waals surface area contributed by atoms with E-state index >= 15 is 0 Å². The largest absolute Gasteiger partial charge is 0.398 e. The molecule has 0 amide bonds. The smallest absolute Gasteiger partial charge is 0.182 e. The minimum absolute atomic E-state index is 0.361. The lowest BCUT2D eigenvalue weighted by atomic mass is 9.75. The number of nitrogens with zero attached hydrogens (tertiary/aromatic N) is 4. The first-order valence-electron chi connectivity index (χ1n) is 7.29. The predicted octanol–water partition coefficient (Wildman–Crippen LogP) is 3.72. The molecular formula is C15H20ClN5. The summed E-state index contributed by atoms with van der Waals surface area (Å²) in [5.41, 5.74) is 7.66. The predicted molar refractivity (Wildman–Crippen MR) is 84.0 cm³/mol. The minimum Gasteiger partial charge on any atom is -0.398 e. The summed E-state index contributed by atoms with van der Waals surface area (Å²) in [6.07, 6.45) is 4.60. The van der Waals surface area contributed by atoms with E-state index in [4.69, 9.17) is 17.3 Å². The van der Waals surface area contributed by atoms with Crippen LogP contribution in [0, 0.1) is 5.41 Å². The molecule has 1 aromatic carbocycles. The van der Waals surface area contributed by atoms with Gasteiger partial charge >= 0.3 is 0 Å². The molecule has 1 aliphatic rings. The zero-order valence-corrected chi connectivity index (χ0v) is 13.1. The van der Waals surface area contributed by atoms with Gasteiger partial charge in [0.05, 0.1) is 16.8 Å². The van der Waals surface area contributed by atoms with Crippen LogP contribution in [0.1, 0.15) is 45.6 Å². The van der Waals surface area contributed by atoms with Gasteiger partial charge in [0.15, 0.2) is 5.82 Å². The van der Waals surface area contributed by atoms with Crippen LogP contribution in [0.5, 0.6) is 0 Å². The van der Waals surface area contributed by atoms with Crippen molar-refractivity contribution in [2.45, 2.75) is 45.6 Å². The van der Waals surface area contributed by atoms with E-state index in [9.17, 15) is 0 Å². The molecule has 21 heavy (non-hydrogen) atoms. The second kappa shape index (κ2) is 5.30. The average Bonchev–Trinajstić information content (AvgIpc) is 2.91. The fraction of sp³-hybridized carbons (Fsp3) is 0.533. The van der Waals surface area contributed by atoms with Gasteiger partial charge in [-0.3, -0.25) is 0 Å². The Morgan fingerprint density at radius 2 is 2.00 bits per heavy atom. The molecule has 0 saturated heterocycles. The second-order valence-corrected chi connectivity index (χ2v) is 6.99. The second-order valence-electron chi connectivity index (χ2n) is 6.58. The van der Waals surface area contributed by atoms with E-state index in [0.717, 1.165) is 24.2 Å². The Morgan fingerprint density at radius 1 is 1.29 bits per heavy atom. The number of tetrazole rings is 1. The Balaban J connectivity index is 1.89. The molecule has 0 bridgehead atoms. The summed E-state index contributed by atoms with van der Waals surface area (Å²) in [5, 5.41) is 12.8. The fourth-order valence-electron chi connectivity index (χ4n) is 2.92. The van der Waals surface area contributed by atoms with Gasteiger partial charge < -0.3 is 5.73 Å². The van der Waals surface area contributed by atoms with Crippen molar-refractivity contribution in [3.8, 4) is 11.4 Å². The third-order valence-electron chi connectivity index (χ3n) is 4.41. The molecule has 1 aromatic heterocycles. The molecule has 1 heterocycles. The molecule has 0 atom stereocenters. The van der Waals surface area contributed by atoms with E-state index in [2.05, 4.69) is 29.4 Å². The van der Waals surface area contributed by atoms with Crippen LogP contribution in [0.2, 0.25) is 5.02 Å². The fourth-order valence-corrected chi connectivity index (χ4v) is 3.10. The lowest BCUT2D eigenvalue weighted by Gasteiger charge is -2.34. The third kappa shape index (κ3) is 2.88. The van der Waals surface area contributed by atoms with Crippen molar-refractivity contribution in [2.24, 2.45) is 5.41 Å². The lowest BCUT2D eigenvalue weighted by molar-refractivity contribution is 0.185. The van der Waals surface area contributed by atoms with Gasteiger partial charge in [0.1, 0.15) is 0 Å². The minimum atomic E-state index is 0.361. The maximum atomic E-state index is 6.10. The number of anilines is 1. The van der Waals surface area contributed by atoms with Crippen LogP contribution in [-0.4, -0.2) is 20.2 Å². The number of aromatic nitrogens is 4. The number of hydrogen-bond donors (Lipinski definition) is 1. The summed E-state index contributed by atoms with van der Waals surface area (Å²) in [6, 6.07) is 5.89. The number of nitrogens with two attached hydrogens (primary N) is 1. The van der Waals surface area contributed by atoms with Gasteiger partial charge in [-0.25, -0.2) is 4.68 Å². The van der Waals surface area contributed by atoms with Crippen molar-refractivity contribution in [1.29, 1.82) is 0 Å². The molecule has 0 radical (unpaired) electrons. The molecule has 3 rings (SSSR count). The van der Waals surface area contributed by atoms with Crippen LogP contribution < -0.4 is 5.73 Å². The lowest BCUT2D eigenvalue weighted by Crippen LogP contribution is -2.24. The SMILES string of the molecule is CC1(C)CCC(n2nnnc2-c2ccc(N)c(Cl)c2)CC1. The van der Waals surface area contributed by atoms with Gasteiger partial charge in [-0.1, -0.05) is 25.4 Å². The third-order valence-corrected chi connectivity index (χ3v) is 4.73. The summed E-state index contributed by atoms with van der Waals surface area (Å²) in [7, 11) is 0. The van der Waals surface area contributed by atoms with E-state index < -0.39 is 0 Å². The molecule has 0 aliphatic heterocycles. The molecule has 2 N–H and O–H groups in total. The van der Waals surface area contributed by atoms with E-state index in [1.165, 1.54) is 12.8 Å². The number of benzene rings is 1. The first-order chi connectivity index (χ1) is 9.96. The summed E-state index contributed by atoms with van der Waals surface area (Å²) in [5.74, 6) is 0.765. The van der Waals surface area contributed by atoms with Crippen molar-refractivity contribution in [1.82, 2.24) is 20.2 Å². The highest BCUT2D eigenvalue weighted by Gasteiger charge is 2.29. The summed E-state index contributed by atoms with van der Waals surface area (Å²) >= 11 is 6.10. The zero-order chi connectivity index (χ0) is 15.0. The van der Waals surface area contributed by atoms with E-state index in [-0.39, 0.29) is 0 Å². The summed E-state index contributed by atoms with van der Waals surface area (Å²) in [4.78, 5) is 0. The van der Waals surface area contributed by atoms with E-state index in [1.807, 2.05) is 16.8 Å². The summed E-state index contributed by atoms with van der Waals surface area (Å²) < 4.78 is 1.94. The number of nitrogen functional groups attached to an aromatic ring is 1. The standard InChI is InChI=1S/C15H20ClN5/c1-15(2)7-5-11(6-8-15)21-14(18-19-20-21)10-3-4-13(17)12(16)9-10/h3-4,9,11H,5-8,17H2,1-2H3. The Labute approximate surface area is 129 Å². The molecule has 2 aromatic rings. The Kier molecular flexibility index (Phi) is 3.61. The Hall–Kier alpha value is -1.62. The van der Waals surface area contributed by atoms with Gasteiger partial charge in [0.25, 0.3) is 0 Å². The van der Waals surface area contributed by atoms with Crippen LogP contribution in [0.25, 0.3) is 11.4 Å². The Morgan fingerprint density at radius 3 is 2.67 bits per heavy atom. The van der Waals surface area contributed by atoms with Crippen molar-refractivity contribution >= 4 is 17.3 Å². The maximum Gasteiger partial charge on any atom is 0.182 e. The molecule has 1 saturated carbocycles. The zero-order valence-electron chi connectivity index (χ0n) is 12.4. The highest BCUT2D eigenvalue weighted by molar-refractivity contribution is 6.33. The van der Waals surface area contributed by atoms with Crippen LogP contribution in [0.4, 0.5) is 5.69 Å². The first kappa shape index (κ1) is 14.3. The molecule has 1 aliphatic carbocycles.